The molecule has 3 nitrogen and oxygen atoms in total. The molecular formula is C9H15N3. The summed E-state index contributed by atoms with van der Waals surface area (Å²) in [6.45, 7) is 6.37. The summed E-state index contributed by atoms with van der Waals surface area (Å²) in [5, 5.41) is 7.81. The molecule has 1 aromatic rings. The van der Waals surface area contributed by atoms with Gasteiger partial charge < -0.3 is 5.32 Å². The third-order valence-corrected chi connectivity index (χ3v) is 2.57. The standard InChI is InChI=1S/C9H15N3/c1-7-6-12(11-8(7)2)9-3-4-10-5-9/h6,9-10H,3-5H2,1-2H3. The number of nitrogens with one attached hydrogen (secondary N) is 1. The van der Waals surface area contributed by atoms with Crippen molar-refractivity contribution in [1.82, 2.24) is 15.1 Å². The van der Waals surface area contributed by atoms with Crippen molar-refractivity contribution in [3.63, 3.8) is 0 Å². The molecule has 1 aliphatic rings. The van der Waals surface area contributed by atoms with Crippen LogP contribution in [0, 0.1) is 13.8 Å². The Labute approximate surface area is 72.8 Å². The molecule has 12 heavy (non-hydrogen) atoms. The minimum Gasteiger partial charge on any atom is -0.315 e. The average Bonchev–Trinajstić information content (AvgIpc) is 2.61. The fraction of sp³-hybridized carbons (Fsp3) is 0.667. The molecule has 1 saturated heterocycles. The summed E-state index contributed by atoms with van der Waals surface area (Å²) in [7, 11) is 0. The van der Waals surface area contributed by atoms with E-state index in [1.807, 2.05) is 0 Å². The first-order valence-corrected chi connectivity index (χ1v) is 4.50. The molecular weight excluding hydrogens is 150 g/mol. The first-order valence-electron chi connectivity index (χ1n) is 4.50. The molecule has 3 heteroatoms. The number of hydrogen-bond donors (Lipinski definition) is 1. The largest absolute Gasteiger partial charge is 0.315 e. The summed E-state index contributed by atoms with van der Waals surface area (Å²) >= 11 is 0. The molecule has 2 heterocycles. The van der Waals surface area contributed by atoms with Crippen LogP contribution in [0.4, 0.5) is 0 Å². The van der Waals surface area contributed by atoms with Crippen molar-refractivity contribution in [3.8, 4) is 0 Å². The van der Waals surface area contributed by atoms with Crippen LogP contribution in [0.3, 0.4) is 0 Å². The molecule has 0 saturated carbocycles. The molecule has 2 rings (SSSR count). The Hall–Kier alpha value is -0.830. The van der Waals surface area contributed by atoms with Gasteiger partial charge in [-0.2, -0.15) is 5.10 Å². The second-order valence-corrected chi connectivity index (χ2v) is 3.52. The summed E-state index contributed by atoms with van der Waals surface area (Å²) in [5.74, 6) is 0. The maximum atomic E-state index is 4.47. The first-order chi connectivity index (χ1) is 5.77. The van der Waals surface area contributed by atoms with E-state index in [0.29, 0.717) is 6.04 Å². The van der Waals surface area contributed by atoms with E-state index >= 15 is 0 Å². The second kappa shape index (κ2) is 2.90. The van der Waals surface area contributed by atoms with Gasteiger partial charge in [0.05, 0.1) is 11.7 Å². The van der Waals surface area contributed by atoms with E-state index < -0.39 is 0 Å². The van der Waals surface area contributed by atoms with Crippen molar-refractivity contribution in [2.75, 3.05) is 13.1 Å². The fourth-order valence-electron chi connectivity index (χ4n) is 1.63. The van der Waals surface area contributed by atoms with E-state index in [0.717, 1.165) is 18.8 Å². The molecule has 0 bridgehead atoms. The molecule has 66 valence electrons. The van der Waals surface area contributed by atoms with Gasteiger partial charge >= 0.3 is 0 Å². The molecule has 0 amide bonds. The van der Waals surface area contributed by atoms with Crippen molar-refractivity contribution in [2.45, 2.75) is 26.3 Å². The zero-order valence-corrected chi connectivity index (χ0v) is 7.67. The highest BCUT2D eigenvalue weighted by atomic mass is 15.3. The lowest BCUT2D eigenvalue weighted by molar-refractivity contribution is 0.488. The normalized spacial score (nSPS) is 23.3. The predicted octanol–water partition coefficient (Wildman–Crippen LogP) is 1.03. The lowest BCUT2D eigenvalue weighted by atomic mass is 10.2. The van der Waals surface area contributed by atoms with Crippen LogP contribution in [0.25, 0.3) is 0 Å². The zero-order valence-electron chi connectivity index (χ0n) is 7.67. The van der Waals surface area contributed by atoms with E-state index in [-0.39, 0.29) is 0 Å². The molecule has 1 aromatic heterocycles. The van der Waals surface area contributed by atoms with Crippen LogP contribution >= 0.6 is 0 Å². The Kier molecular flexibility index (Phi) is 1.89. The molecule has 0 spiro atoms. The van der Waals surface area contributed by atoms with Gasteiger partial charge in [0.2, 0.25) is 0 Å². The van der Waals surface area contributed by atoms with Gasteiger partial charge in [0, 0.05) is 12.7 Å². The summed E-state index contributed by atoms with van der Waals surface area (Å²) in [6, 6.07) is 0.581. The minimum absolute atomic E-state index is 0.581. The summed E-state index contributed by atoms with van der Waals surface area (Å²) < 4.78 is 2.10. The fourth-order valence-corrected chi connectivity index (χ4v) is 1.63. The monoisotopic (exact) mass is 165 g/mol. The summed E-state index contributed by atoms with van der Waals surface area (Å²) in [4.78, 5) is 0. The highest BCUT2D eigenvalue weighted by Gasteiger charge is 2.17. The van der Waals surface area contributed by atoms with E-state index in [1.54, 1.807) is 0 Å². The lowest BCUT2D eigenvalue weighted by Gasteiger charge is -2.07. The van der Waals surface area contributed by atoms with Crippen molar-refractivity contribution in [2.24, 2.45) is 0 Å². The Balaban J connectivity index is 2.21. The Morgan fingerprint density at radius 1 is 1.58 bits per heavy atom. The quantitative estimate of drug-likeness (QED) is 0.673. The van der Waals surface area contributed by atoms with Crippen LogP contribution in [0.2, 0.25) is 0 Å². The van der Waals surface area contributed by atoms with Gasteiger partial charge in [0.1, 0.15) is 0 Å². The van der Waals surface area contributed by atoms with Crippen LogP contribution in [0.1, 0.15) is 23.7 Å². The van der Waals surface area contributed by atoms with E-state index in [1.165, 1.54) is 12.0 Å². The number of aromatic nitrogens is 2. The van der Waals surface area contributed by atoms with Gasteiger partial charge in [-0.25, -0.2) is 0 Å². The van der Waals surface area contributed by atoms with E-state index in [4.69, 9.17) is 0 Å². The first kappa shape index (κ1) is 7.80. The number of aryl methyl sites for hydroxylation is 2. The van der Waals surface area contributed by atoms with Gasteiger partial charge in [0.25, 0.3) is 0 Å². The van der Waals surface area contributed by atoms with E-state index in [9.17, 15) is 0 Å². The maximum absolute atomic E-state index is 4.47. The lowest BCUT2D eigenvalue weighted by Crippen LogP contribution is -2.13. The zero-order chi connectivity index (χ0) is 8.55. The van der Waals surface area contributed by atoms with Crippen molar-refractivity contribution in [1.29, 1.82) is 0 Å². The minimum atomic E-state index is 0.581. The molecule has 0 radical (unpaired) electrons. The van der Waals surface area contributed by atoms with Crippen molar-refractivity contribution >= 4 is 0 Å². The molecule has 1 aliphatic heterocycles. The molecule has 1 N–H and O–H groups in total. The summed E-state index contributed by atoms with van der Waals surface area (Å²) in [6.07, 6.45) is 3.35. The van der Waals surface area contributed by atoms with Crippen LogP contribution in [-0.2, 0) is 0 Å². The summed E-state index contributed by atoms with van der Waals surface area (Å²) in [5.41, 5.74) is 2.45. The van der Waals surface area contributed by atoms with E-state index in [2.05, 4.69) is 35.1 Å². The Morgan fingerprint density at radius 2 is 2.42 bits per heavy atom. The van der Waals surface area contributed by atoms with Gasteiger partial charge in [-0.3, -0.25) is 4.68 Å². The number of nitrogens with zero attached hydrogens (tertiary/aromatic N) is 2. The molecule has 0 aliphatic carbocycles. The third-order valence-electron chi connectivity index (χ3n) is 2.57. The molecule has 1 unspecified atom stereocenters. The van der Waals surface area contributed by atoms with Crippen molar-refractivity contribution in [3.05, 3.63) is 17.5 Å². The number of hydrogen-bond acceptors (Lipinski definition) is 2. The molecule has 0 aromatic carbocycles. The van der Waals surface area contributed by atoms with Gasteiger partial charge in [0.15, 0.2) is 0 Å². The average molecular weight is 165 g/mol. The maximum Gasteiger partial charge on any atom is 0.0655 e. The highest BCUT2D eigenvalue weighted by molar-refractivity contribution is 5.13. The molecule has 1 atom stereocenters. The second-order valence-electron chi connectivity index (χ2n) is 3.52. The predicted molar refractivity (Wildman–Crippen MR) is 48.2 cm³/mol. The van der Waals surface area contributed by atoms with Gasteiger partial charge in [-0.1, -0.05) is 0 Å². The number of rotatable bonds is 1. The Morgan fingerprint density at radius 3 is 2.92 bits per heavy atom. The van der Waals surface area contributed by atoms with Crippen LogP contribution in [0.5, 0.6) is 0 Å². The van der Waals surface area contributed by atoms with Crippen LogP contribution < -0.4 is 5.32 Å². The topological polar surface area (TPSA) is 29.9 Å². The van der Waals surface area contributed by atoms with Crippen molar-refractivity contribution < 1.29 is 0 Å². The van der Waals surface area contributed by atoms with Crippen LogP contribution in [-0.4, -0.2) is 22.9 Å². The Bertz CT molecular complexity index is 252. The smallest absolute Gasteiger partial charge is 0.0655 e. The third kappa shape index (κ3) is 1.25. The van der Waals surface area contributed by atoms with Crippen LogP contribution in [0.15, 0.2) is 6.20 Å². The van der Waals surface area contributed by atoms with Gasteiger partial charge in [-0.05, 0) is 32.4 Å². The van der Waals surface area contributed by atoms with Gasteiger partial charge in [-0.15, -0.1) is 0 Å². The SMILES string of the molecule is Cc1cn(C2CCNC2)nc1C. The molecule has 1 fully saturated rings. The highest BCUT2D eigenvalue weighted by Crippen LogP contribution is 2.15.